The van der Waals surface area contributed by atoms with Gasteiger partial charge in [-0.1, -0.05) is 18.2 Å². The van der Waals surface area contributed by atoms with Crippen LogP contribution in [0, 0.1) is 0 Å². The smallest absolute Gasteiger partial charge is 0.0784 e. The summed E-state index contributed by atoms with van der Waals surface area (Å²) >= 11 is 1.76. The Balaban J connectivity index is 1.73. The van der Waals surface area contributed by atoms with Gasteiger partial charge >= 0.3 is 0 Å². The van der Waals surface area contributed by atoms with Crippen molar-refractivity contribution in [2.24, 2.45) is 0 Å². The highest BCUT2D eigenvalue weighted by atomic mass is 32.1. The minimum absolute atomic E-state index is 0.649. The highest BCUT2D eigenvalue weighted by Gasteiger charge is 2.27. The second-order valence-corrected chi connectivity index (χ2v) is 6.50. The highest BCUT2D eigenvalue weighted by molar-refractivity contribution is 7.17. The third-order valence-corrected chi connectivity index (χ3v) is 4.49. The zero-order valence-corrected chi connectivity index (χ0v) is 11.5. The van der Waals surface area contributed by atoms with Gasteiger partial charge in [0.25, 0.3) is 0 Å². The predicted molar refractivity (Wildman–Crippen MR) is 77.2 cm³/mol. The van der Waals surface area contributed by atoms with Gasteiger partial charge in [0.1, 0.15) is 0 Å². The minimum Gasteiger partial charge on any atom is -0.389 e. The first-order valence-electron chi connectivity index (χ1n) is 6.55. The Labute approximate surface area is 112 Å². The molecule has 0 radical (unpaired) electrons. The molecule has 1 aromatic heterocycles. The van der Waals surface area contributed by atoms with Gasteiger partial charge in [0.05, 0.1) is 5.60 Å². The van der Waals surface area contributed by atoms with E-state index in [1.54, 1.807) is 11.3 Å². The molecule has 0 aliphatic heterocycles. The number of fused-ring (bicyclic) bond motifs is 1. The molecule has 1 unspecified atom stereocenters. The Morgan fingerprint density at radius 1 is 1.39 bits per heavy atom. The van der Waals surface area contributed by atoms with Crippen molar-refractivity contribution < 1.29 is 5.11 Å². The lowest BCUT2D eigenvalue weighted by Gasteiger charge is -2.23. The summed E-state index contributed by atoms with van der Waals surface area (Å²) in [5.74, 6) is 0. The SMILES string of the molecule is CC(O)(CNC1CC1)Cc1csc2ccccc12. The molecular formula is C15H19NOS. The summed E-state index contributed by atoms with van der Waals surface area (Å²) in [4.78, 5) is 0. The monoisotopic (exact) mass is 261 g/mol. The van der Waals surface area contributed by atoms with Crippen LogP contribution in [0.3, 0.4) is 0 Å². The van der Waals surface area contributed by atoms with Gasteiger partial charge in [-0.2, -0.15) is 0 Å². The fourth-order valence-corrected chi connectivity index (χ4v) is 3.26. The van der Waals surface area contributed by atoms with Crippen LogP contribution < -0.4 is 5.32 Å². The molecule has 0 bridgehead atoms. The fraction of sp³-hybridized carbons (Fsp3) is 0.467. The molecule has 0 amide bonds. The van der Waals surface area contributed by atoms with E-state index >= 15 is 0 Å². The molecule has 18 heavy (non-hydrogen) atoms. The molecule has 1 aliphatic carbocycles. The van der Waals surface area contributed by atoms with Gasteiger partial charge in [-0.25, -0.2) is 0 Å². The van der Waals surface area contributed by atoms with Crippen molar-refractivity contribution >= 4 is 21.4 Å². The van der Waals surface area contributed by atoms with Crippen molar-refractivity contribution in [3.63, 3.8) is 0 Å². The van der Waals surface area contributed by atoms with Crippen LogP contribution in [0.2, 0.25) is 0 Å². The quantitative estimate of drug-likeness (QED) is 0.867. The second kappa shape index (κ2) is 4.65. The Morgan fingerprint density at radius 3 is 2.94 bits per heavy atom. The van der Waals surface area contributed by atoms with E-state index in [1.165, 1.54) is 28.5 Å². The fourth-order valence-electron chi connectivity index (χ4n) is 2.29. The third-order valence-electron chi connectivity index (χ3n) is 3.48. The van der Waals surface area contributed by atoms with Gasteiger partial charge in [0.15, 0.2) is 0 Å². The Hall–Kier alpha value is -0.900. The number of nitrogens with one attached hydrogen (secondary N) is 1. The zero-order chi connectivity index (χ0) is 12.6. The maximum atomic E-state index is 10.5. The third kappa shape index (κ3) is 2.74. The lowest BCUT2D eigenvalue weighted by Crippen LogP contribution is -2.40. The van der Waals surface area contributed by atoms with E-state index in [0.717, 1.165) is 6.42 Å². The van der Waals surface area contributed by atoms with Crippen molar-refractivity contribution in [3.8, 4) is 0 Å². The van der Waals surface area contributed by atoms with Crippen molar-refractivity contribution in [1.82, 2.24) is 5.32 Å². The van der Waals surface area contributed by atoms with Crippen LogP contribution >= 0.6 is 11.3 Å². The first kappa shape index (κ1) is 12.2. The van der Waals surface area contributed by atoms with Crippen LogP contribution in [0.5, 0.6) is 0 Å². The average Bonchev–Trinajstić information content (AvgIpc) is 3.10. The number of thiophene rings is 1. The summed E-state index contributed by atoms with van der Waals surface area (Å²) in [6, 6.07) is 9.06. The van der Waals surface area contributed by atoms with Gasteiger partial charge in [0, 0.05) is 23.7 Å². The zero-order valence-electron chi connectivity index (χ0n) is 10.6. The summed E-state index contributed by atoms with van der Waals surface area (Å²) in [6.07, 6.45) is 3.24. The molecule has 2 nitrogen and oxygen atoms in total. The lowest BCUT2D eigenvalue weighted by atomic mass is 9.96. The summed E-state index contributed by atoms with van der Waals surface area (Å²) < 4.78 is 1.30. The normalized spacial score (nSPS) is 19.0. The van der Waals surface area contributed by atoms with E-state index in [1.807, 2.05) is 6.92 Å². The van der Waals surface area contributed by atoms with E-state index in [0.29, 0.717) is 12.6 Å². The standard InChI is InChI=1S/C15H19NOS/c1-15(17,10-16-12-6-7-12)8-11-9-18-14-5-3-2-4-13(11)14/h2-5,9,12,16-17H,6-8,10H2,1H3. The van der Waals surface area contributed by atoms with Gasteiger partial charge in [-0.15, -0.1) is 11.3 Å². The van der Waals surface area contributed by atoms with Crippen LogP contribution in [0.1, 0.15) is 25.3 Å². The first-order valence-corrected chi connectivity index (χ1v) is 7.43. The molecule has 0 spiro atoms. The van der Waals surface area contributed by atoms with Gasteiger partial charge in [-0.3, -0.25) is 0 Å². The molecule has 96 valence electrons. The Bertz CT molecular complexity index is 542. The van der Waals surface area contributed by atoms with Crippen LogP contribution in [0.4, 0.5) is 0 Å². The van der Waals surface area contributed by atoms with Crippen LogP contribution in [0.25, 0.3) is 10.1 Å². The van der Waals surface area contributed by atoms with Crippen molar-refractivity contribution in [2.75, 3.05) is 6.54 Å². The Kier molecular flexibility index (Phi) is 3.14. The van der Waals surface area contributed by atoms with Crippen LogP contribution in [-0.4, -0.2) is 23.3 Å². The largest absolute Gasteiger partial charge is 0.389 e. The topological polar surface area (TPSA) is 32.3 Å². The van der Waals surface area contributed by atoms with Crippen molar-refractivity contribution in [3.05, 3.63) is 35.2 Å². The van der Waals surface area contributed by atoms with E-state index < -0.39 is 5.60 Å². The molecule has 1 aromatic carbocycles. The number of aliphatic hydroxyl groups is 1. The first-order chi connectivity index (χ1) is 8.64. The molecule has 1 heterocycles. The second-order valence-electron chi connectivity index (χ2n) is 5.59. The van der Waals surface area contributed by atoms with Gasteiger partial charge < -0.3 is 10.4 Å². The van der Waals surface area contributed by atoms with Crippen molar-refractivity contribution in [2.45, 2.75) is 37.8 Å². The molecule has 1 atom stereocenters. The molecule has 1 fully saturated rings. The average molecular weight is 261 g/mol. The van der Waals surface area contributed by atoms with E-state index in [4.69, 9.17) is 0 Å². The molecule has 1 saturated carbocycles. The van der Waals surface area contributed by atoms with Crippen LogP contribution in [0.15, 0.2) is 29.6 Å². The number of hydrogen-bond donors (Lipinski definition) is 2. The van der Waals surface area contributed by atoms with E-state index in [-0.39, 0.29) is 0 Å². The maximum Gasteiger partial charge on any atom is 0.0784 e. The lowest BCUT2D eigenvalue weighted by molar-refractivity contribution is 0.0601. The molecule has 2 aromatic rings. The van der Waals surface area contributed by atoms with Gasteiger partial charge in [-0.05, 0) is 42.2 Å². The van der Waals surface area contributed by atoms with Gasteiger partial charge in [0.2, 0.25) is 0 Å². The van der Waals surface area contributed by atoms with E-state index in [9.17, 15) is 5.11 Å². The predicted octanol–water partition coefficient (Wildman–Crippen LogP) is 2.95. The molecule has 3 rings (SSSR count). The van der Waals surface area contributed by atoms with Crippen molar-refractivity contribution in [1.29, 1.82) is 0 Å². The maximum absolute atomic E-state index is 10.5. The Morgan fingerprint density at radius 2 is 2.17 bits per heavy atom. The molecule has 0 saturated heterocycles. The van der Waals surface area contributed by atoms with Crippen LogP contribution in [-0.2, 0) is 6.42 Å². The summed E-state index contributed by atoms with van der Waals surface area (Å²) in [6.45, 7) is 2.61. The number of hydrogen-bond acceptors (Lipinski definition) is 3. The number of rotatable bonds is 5. The molecule has 3 heteroatoms. The molecule has 1 aliphatic rings. The summed E-state index contributed by atoms with van der Waals surface area (Å²) in [5.41, 5.74) is 0.602. The minimum atomic E-state index is -0.660. The summed E-state index contributed by atoms with van der Waals surface area (Å²) in [5, 5.41) is 17.3. The van der Waals surface area contributed by atoms with E-state index in [2.05, 4.69) is 35.0 Å². The molecular weight excluding hydrogens is 242 g/mol. The highest BCUT2D eigenvalue weighted by Crippen LogP contribution is 2.28. The molecule has 2 N–H and O–H groups in total. The number of benzene rings is 1. The summed E-state index contributed by atoms with van der Waals surface area (Å²) in [7, 11) is 0.